The van der Waals surface area contributed by atoms with Gasteiger partial charge in [0, 0.05) is 5.39 Å². The van der Waals surface area contributed by atoms with E-state index in [1.165, 1.54) is 24.7 Å². The lowest BCUT2D eigenvalue weighted by Gasteiger charge is -2.03. The summed E-state index contributed by atoms with van der Waals surface area (Å²) in [6, 6.07) is 6.21. The first-order valence-electron chi connectivity index (χ1n) is 5.20. The zero-order valence-electron chi connectivity index (χ0n) is 8.70. The molecule has 2 aromatic rings. The van der Waals surface area contributed by atoms with Gasteiger partial charge in [-0.3, -0.25) is 0 Å². The Hall–Kier alpha value is -1.15. The number of fused-ring (bicyclic) bond motifs is 1. The van der Waals surface area contributed by atoms with Gasteiger partial charge in [0.25, 0.3) is 0 Å². The highest BCUT2D eigenvalue weighted by atomic mass is 35.5. The molecule has 1 heterocycles. The number of benzene rings is 1. The quantitative estimate of drug-likeness (QED) is 0.739. The molecule has 0 aliphatic carbocycles. The average molecular weight is 221 g/mol. The lowest BCUT2D eigenvalue weighted by atomic mass is 10.1. The third-order valence-electron chi connectivity index (χ3n) is 2.47. The monoisotopic (exact) mass is 220 g/mol. The Bertz CT molecular complexity index is 468. The first-order chi connectivity index (χ1) is 7.31. The van der Waals surface area contributed by atoms with Crippen molar-refractivity contribution in [3.63, 3.8) is 0 Å². The maximum absolute atomic E-state index is 6.01. The second-order valence-corrected chi connectivity index (χ2v) is 3.98. The highest BCUT2D eigenvalue weighted by Crippen LogP contribution is 2.21. The Kier molecular flexibility index (Phi) is 3.17. The summed E-state index contributed by atoms with van der Waals surface area (Å²) in [7, 11) is 0. The van der Waals surface area contributed by atoms with Crippen LogP contribution in [0, 0.1) is 0 Å². The van der Waals surface area contributed by atoms with Crippen LogP contribution in [0.4, 0.5) is 0 Å². The maximum Gasteiger partial charge on any atom is 0.140 e. The molecule has 0 saturated carbocycles. The van der Waals surface area contributed by atoms with Gasteiger partial charge in [-0.05, 0) is 30.5 Å². The topological polar surface area (TPSA) is 25.8 Å². The predicted octanol–water partition coefficient (Wildman–Crippen LogP) is 3.63. The smallest absolute Gasteiger partial charge is 0.140 e. The van der Waals surface area contributed by atoms with E-state index in [1.54, 1.807) is 0 Å². The molecule has 0 unspecified atom stereocenters. The van der Waals surface area contributed by atoms with E-state index < -0.39 is 0 Å². The Labute approximate surface area is 94.3 Å². The van der Waals surface area contributed by atoms with Crippen molar-refractivity contribution in [2.75, 3.05) is 0 Å². The van der Waals surface area contributed by atoms with Crippen LogP contribution in [0.5, 0.6) is 0 Å². The summed E-state index contributed by atoms with van der Waals surface area (Å²) < 4.78 is 0. The third kappa shape index (κ3) is 2.26. The summed E-state index contributed by atoms with van der Waals surface area (Å²) in [6.45, 7) is 2.19. The van der Waals surface area contributed by atoms with Gasteiger partial charge in [0.1, 0.15) is 11.5 Å². The van der Waals surface area contributed by atoms with Gasteiger partial charge in [-0.25, -0.2) is 9.97 Å². The van der Waals surface area contributed by atoms with Crippen molar-refractivity contribution in [2.45, 2.75) is 26.2 Å². The fourth-order valence-corrected chi connectivity index (χ4v) is 1.80. The number of hydrogen-bond donors (Lipinski definition) is 0. The normalized spacial score (nSPS) is 10.8. The number of aryl methyl sites for hydroxylation is 1. The molecular weight excluding hydrogens is 208 g/mol. The van der Waals surface area contributed by atoms with Crippen molar-refractivity contribution in [1.82, 2.24) is 9.97 Å². The number of halogens is 1. The number of hydrogen-bond acceptors (Lipinski definition) is 2. The second kappa shape index (κ2) is 4.58. The fourth-order valence-electron chi connectivity index (χ4n) is 1.61. The molecule has 2 nitrogen and oxygen atoms in total. The molecule has 0 fully saturated rings. The Morgan fingerprint density at radius 2 is 2.13 bits per heavy atom. The van der Waals surface area contributed by atoms with Crippen molar-refractivity contribution in [3.8, 4) is 0 Å². The molecule has 0 spiro atoms. The van der Waals surface area contributed by atoms with Crippen LogP contribution in [-0.2, 0) is 6.42 Å². The van der Waals surface area contributed by atoms with Crippen molar-refractivity contribution in [2.24, 2.45) is 0 Å². The lowest BCUT2D eigenvalue weighted by Crippen LogP contribution is -1.88. The molecule has 0 aliphatic heterocycles. The van der Waals surface area contributed by atoms with Gasteiger partial charge in [-0.15, -0.1) is 0 Å². The van der Waals surface area contributed by atoms with E-state index in [0.717, 1.165) is 17.3 Å². The molecule has 0 N–H and O–H groups in total. The molecule has 15 heavy (non-hydrogen) atoms. The van der Waals surface area contributed by atoms with Crippen molar-refractivity contribution >= 4 is 22.5 Å². The highest BCUT2D eigenvalue weighted by Gasteiger charge is 2.02. The molecule has 0 aliphatic rings. The van der Waals surface area contributed by atoms with E-state index in [4.69, 9.17) is 11.6 Å². The highest BCUT2D eigenvalue weighted by molar-refractivity contribution is 6.34. The minimum absolute atomic E-state index is 0.540. The summed E-state index contributed by atoms with van der Waals surface area (Å²) in [4.78, 5) is 8.15. The first-order valence-corrected chi connectivity index (χ1v) is 5.58. The van der Waals surface area contributed by atoms with Crippen LogP contribution in [0.1, 0.15) is 25.3 Å². The summed E-state index contributed by atoms with van der Waals surface area (Å²) in [5, 5.41) is 1.49. The number of aromatic nitrogens is 2. The summed E-state index contributed by atoms with van der Waals surface area (Å²) in [5.41, 5.74) is 2.22. The maximum atomic E-state index is 6.01. The van der Waals surface area contributed by atoms with Crippen LogP contribution >= 0.6 is 11.6 Å². The minimum atomic E-state index is 0.540. The fraction of sp³-hybridized carbons (Fsp3) is 0.333. The van der Waals surface area contributed by atoms with Crippen molar-refractivity contribution < 1.29 is 0 Å². The van der Waals surface area contributed by atoms with Crippen LogP contribution in [0.3, 0.4) is 0 Å². The second-order valence-electron chi connectivity index (χ2n) is 3.62. The first kappa shape index (κ1) is 10.4. The van der Waals surface area contributed by atoms with E-state index in [9.17, 15) is 0 Å². The zero-order valence-corrected chi connectivity index (χ0v) is 9.46. The Balaban J connectivity index is 2.41. The van der Waals surface area contributed by atoms with Crippen LogP contribution in [0.15, 0.2) is 24.5 Å². The van der Waals surface area contributed by atoms with E-state index >= 15 is 0 Å². The van der Waals surface area contributed by atoms with Crippen molar-refractivity contribution in [1.29, 1.82) is 0 Å². The van der Waals surface area contributed by atoms with Crippen molar-refractivity contribution in [3.05, 3.63) is 35.2 Å². The molecule has 2 rings (SSSR count). The number of nitrogens with zero attached hydrogens (tertiary/aromatic N) is 2. The summed E-state index contributed by atoms with van der Waals surface area (Å²) in [6.07, 6.45) is 5.00. The van der Waals surface area contributed by atoms with Gasteiger partial charge < -0.3 is 0 Å². The van der Waals surface area contributed by atoms with Crippen LogP contribution in [-0.4, -0.2) is 9.97 Å². The number of unbranched alkanes of at least 4 members (excludes halogenated alkanes) is 1. The lowest BCUT2D eigenvalue weighted by molar-refractivity contribution is 0.796. The van der Waals surface area contributed by atoms with E-state index in [1.807, 2.05) is 6.07 Å². The van der Waals surface area contributed by atoms with Gasteiger partial charge in [-0.2, -0.15) is 0 Å². The molecule has 0 radical (unpaired) electrons. The Morgan fingerprint density at radius 3 is 2.93 bits per heavy atom. The van der Waals surface area contributed by atoms with Gasteiger partial charge in [0.2, 0.25) is 0 Å². The van der Waals surface area contributed by atoms with E-state index in [-0.39, 0.29) is 0 Å². The molecule has 1 aromatic heterocycles. The van der Waals surface area contributed by atoms with Gasteiger partial charge >= 0.3 is 0 Å². The van der Waals surface area contributed by atoms with E-state index in [2.05, 4.69) is 29.0 Å². The SMILES string of the molecule is CCCCc1ccc2ncnc(Cl)c2c1. The minimum Gasteiger partial charge on any atom is -0.236 e. The zero-order chi connectivity index (χ0) is 10.7. The predicted molar refractivity (Wildman–Crippen MR) is 63.2 cm³/mol. The van der Waals surface area contributed by atoms with Gasteiger partial charge in [-0.1, -0.05) is 31.0 Å². The molecule has 3 heteroatoms. The molecular formula is C12H13ClN2. The molecule has 0 saturated heterocycles. The Morgan fingerprint density at radius 1 is 1.27 bits per heavy atom. The standard InChI is InChI=1S/C12H13ClN2/c1-2-3-4-9-5-6-11-10(7-9)12(13)15-8-14-11/h5-8H,2-4H2,1H3. The van der Waals surface area contributed by atoms with Crippen LogP contribution < -0.4 is 0 Å². The van der Waals surface area contributed by atoms with Crippen LogP contribution in [0.25, 0.3) is 10.9 Å². The molecule has 1 aromatic carbocycles. The average Bonchev–Trinajstić information content (AvgIpc) is 2.27. The van der Waals surface area contributed by atoms with Gasteiger partial charge in [0.05, 0.1) is 5.52 Å². The summed E-state index contributed by atoms with van der Waals surface area (Å²) in [5.74, 6) is 0. The van der Waals surface area contributed by atoms with Gasteiger partial charge in [0.15, 0.2) is 0 Å². The largest absolute Gasteiger partial charge is 0.236 e. The van der Waals surface area contributed by atoms with E-state index in [0.29, 0.717) is 5.15 Å². The number of rotatable bonds is 3. The summed E-state index contributed by atoms with van der Waals surface area (Å²) >= 11 is 6.01. The third-order valence-corrected chi connectivity index (χ3v) is 2.77. The van der Waals surface area contributed by atoms with Crippen LogP contribution in [0.2, 0.25) is 5.15 Å². The molecule has 78 valence electrons. The molecule has 0 atom stereocenters. The molecule has 0 bridgehead atoms. The molecule has 0 amide bonds.